The van der Waals surface area contributed by atoms with Crippen molar-refractivity contribution in [2.75, 3.05) is 27.2 Å². The van der Waals surface area contributed by atoms with E-state index in [9.17, 15) is 0 Å². The van der Waals surface area contributed by atoms with Crippen LogP contribution in [0.2, 0.25) is 0 Å². The minimum absolute atomic E-state index is 0.749. The van der Waals surface area contributed by atoms with Gasteiger partial charge in [-0.15, -0.1) is 0 Å². The molecule has 0 amide bonds. The van der Waals surface area contributed by atoms with E-state index in [1.165, 1.54) is 16.7 Å². The number of hydrogen-bond acceptors (Lipinski definition) is 3. The number of halogens is 1. The summed E-state index contributed by atoms with van der Waals surface area (Å²) in [6, 6.07) is 4.35. The van der Waals surface area contributed by atoms with E-state index in [2.05, 4.69) is 64.0 Å². The van der Waals surface area contributed by atoms with Gasteiger partial charge in [0.1, 0.15) is 12.4 Å². The van der Waals surface area contributed by atoms with Gasteiger partial charge in [-0.25, -0.2) is 3.11 Å². The van der Waals surface area contributed by atoms with Gasteiger partial charge in [-0.3, -0.25) is 0 Å². The van der Waals surface area contributed by atoms with E-state index in [0.29, 0.717) is 0 Å². The van der Waals surface area contributed by atoms with Gasteiger partial charge in [0.25, 0.3) is 0 Å². The van der Waals surface area contributed by atoms with E-state index in [4.69, 9.17) is 4.74 Å². The van der Waals surface area contributed by atoms with Crippen LogP contribution < -0.4 is 4.74 Å². The topological polar surface area (TPSA) is 15.7 Å². The standard InChI is InChI=1S/C13H19IN2O/c1-10-6-12(17-5-4-15(2)3)7-11-8-16(14)9-13(10)11/h6-7H,4-5,8-9H2,1-3H3. The molecule has 0 atom stereocenters. The molecule has 1 aromatic rings. The molecule has 94 valence electrons. The van der Waals surface area contributed by atoms with Crippen LogP contribution in [0.5, 0.6) is 5.75 Å². The second kappa shape index (κ2) is 5.54. The first-order valence-corrected chi connectivity index (χ1v) is 6.83. The molecule has 0 aromatic heterocycles. The molecule has 0 aliphatic carbocycles. The van der Waals surface area contributed by atoms with Crippen molar-refractivity contribution in [2.45, 2.75) is 20.0 Å². The Balaban J connectivity index is 2.05. The molecule has 0 spiro atoms. The van der Waals surface area contributed by atoms with Crippen molar-refractivity contribution < 1.29 is 4.74 Å². The lowest BCUT2D eigenvalue weighted by molar-refractivity contribution is 0.261. The lowest BCUT2D eigenvalue weighted by atomic mass is 10.0. The summed E-state index contributed by atoms with van der Waals surface area (Å²) < 4.78 is 8.10. The van der Waals surface area contributed by atoms with E-state index in [0.717, 1.165) is 32.0 Å². The van der Waals surface area contributed by atoms with Crippen molar-refractivity contribution in [3.63, 3.8) is 0 Å². The van der Waals surface area contributed by atoms with Crippen molar-refractivity contribution in [1.82, 2.24) is 8.01 Å². The summed E-state index contributed by atoms with van der Waals surface area (Å²) in [4.78, 5) is 2.13. The van der Waals surface area contributed by atoms with E-state index in [1.54, 1.807) is 0 Å². The predicted octanol–water partition coefficient (Wildman–Crippen LogP) is 2.60. The number of rotatable bonds is 4. The number of likely N-dealkylation sites (N-methyl/N-ethyl adjacent to an activating group) is 1. The normalized spacial score (nSPS) is 15.4. The van der Waals surface area contributed by atoms with Crippen LogP contribution in [0.25, 0.3) is 0 Å². The summed E-state index contributed by atoms with van der Waals surface area (Å²) in [5.41, 5.74) is 4.24. The fourth-order valence-electron chi connectivity index (χ4n) is 2.06. The first kappa shape index (κ1) is 13.1. The van der Waals surface area contributed by atoms with Crippen LogP contribution in [0, 0.1) is 6.92 Å². The predicted molar refractivity (Wildman–Crippen MR) is 78.5 cm³/mol. The highest BCUT2D eigenvalue weighted by atomic mass is 127. The Kier molecular flexibility index (Phi) is 4.27. The Morgan fingerprint density at radius 3 is 2.82 bits per heavy atom. The maximum absolute atomic E-state index is 5.80. The molecule has 0 fully saturated rings. The average Bonchev–Trinajstić information content (AvgIpc) is 2.58. The van der Waals surface area contributed by atoms with Crippen LogP contribution in [0.4, 0.5) is 0 Å². The minimum atomic E-state index is 0.749. The maximum atomic E-state index is 5.80. The fraction of sp³-hybridized carbons (Fsp3) is 0.538. The van der Waals surface area contributed by atoms with Gasteiger partial charge in [0.15, 0.2) is 0 Å². The number of nitrogens with zero attached hydrogens (tertiary/aromatic N) is 2. The fourth-order valence-corrected chi connectivity index (χ4v) is 2.77. The van der Waals surface area contributed by atoms with Gasteiger partial charge in [-0.1, -0.05) is 0 Å². The molecule has 1 aliphatic heterocycles. The first-order valence-electron chi connectivity index (χ1n) is 5.87. The zero-order valence-electron chi connectivity index (χ0n) is 10.7. The average molecular weight is 346 g/mol. The number of benzene rings is 1. The van der Waals surface area contributed by atoms with Gasteiger partial charge in [0, 0.05) is 42.5 Å². The van der Waals surface area contributed by atoms with Crippen LogP contribution in [-0.4, -0.2) is 35.3 Å². The number of hydrogen-bond donors (Lipinski definition) is 0. The van der Waals surface area contributed by atoms with Gasteiger partial charge in [-0.2, -0.15) is 0 Å². The summed E-state index contributed by atoms with van der Waals surface area (Å²) in [6.45, 7) is 5.96. The SMILES string of the molecule is Cc1cc(OCCN(C)C)cc2c1CN(I)C2. The molecule has 1 aromatic carbocycles. The lowest BCUT2D eigenvalue weighted by Crippen LogP contribution is -2.19. The van der Waals surface area contributed by atoms with Crippen LogP contribution in [0.1, 0.15) is 16.7 Å². The highest BCUT2D eigenvalue weighted by Crippen LogP contribution is 2.31. The molecule has 2 rings (SSSR count). The van der Waals surface area contributed by atoms with Crippen molar-refractivity contribution in [3.05, 3.63) is 28.8 Å². The molecule has 0 saturated heterocycles. The molecule has 1 heterocycles. The third-order valence-corrected chi connectivity index (χ3v) is 3.70. The van der Waals surface area contributed by atoms with E-state index in [-0.39, 0.29) is 0 Å². The van der Waals surface area contributed by atoms with Crippen LogP contribution in [-0.2, 0) is 13.1 Å². The van der Waals surface area contributed by atoms with Crippen molar-refractivity contribution in [1.29, 1.82) is 0 Å². The number of aryl methyl sites for hydroxylation is 1. The third-order valence-electron chi connectivity index (χ3n) is 3.02. The van der Waals surface area contributed by atoms with Gasteiger partial charge < -0.3 is 9.64 Å². The Labute approximate surface area is 117 Å². The molecule has 3 nitrogen and oxygen atoms in total. The highest BCUT2D eigenvalue weighted by molar-refractivity contribution is 14.1. The Morgan fingerprint density at radius 1 is 1.35 bits per heavy atom. The summed E-state index contributed by atoms with van der Waals surface area (Å²) >= 11 is 2.38. The first-order chi connectivity index (χ1) is 8.06. The van der Waals surface area contributed by atoms with Gasteiger partial charge in [-0.05, 0) is 49.8 Å². The molecule has 4 heteroatoms. The molecule has 0 saturated carbocycles. The summed E-state index contributed by atoms with van der Waals surface area (Å²) in [5, 5.41) is 0. The largest absolute Gasteiger partial charge is 0.492 e. The molecule has 0 bridgehead atoms. The van der Waals surface area contributed by atoms with E-state index >= 15 is 0 Å². The minimum Gasteiger partial charge on any atom is -0.492 e. The van der Waals surface area contributed by atoms with Crippen molar-refractivity contribution in [2.24, 2.45) is 0 Å². The van der Waals surface area contributed by atoms with Gasteiger partial charge in [0.05, 0.1) is 0 Å². The van der Waals surface area contributed by atoms with E-state index < -0.39 is 0 Å². The Morgan fingerprint density at radius 2 is 2.12 bits per heavy atom. The highest BCUT2D eigenvalue weighted by Gasteiger charge is 2.19. The van der Waals surface area contributed by atoms with Crippen LogP contribution in [0.15, 0.2) is 12.1 Å². The molecule has 17 heavy (non-hydrogen) atoms. The van der Waals surface area contributed by atoms with Crippen molar-refractivity contribution >= 4 is 22.9 Å². The molecule has 0 radical (unpaired) electrons. The second-order valence-corrected chi connectivity index (χ2v) is 6.17. The monoisotopic (exact) mass is 346 g/mol. The summed E-state index contributed by atoms with van der Waals surface area (Å²) in [7, 11) is 4.12. The number of fused-ring (bicyclic) bond motifs is 1. The summed E-state index contributed by atoms with van der Waals surface area (Å²) in [5.74, 6) is 1.01. The van der Waals surface area contributed by atoms with Crippen LogP contribution in [0.3, 0.4) is 0 Å². The lowest BCUT2D eigenvalue weighted by Gasteiger charge is -2.12. The Hall–Kier alpha value is -0.330. The quantitative estimate of drug-likeness (QED) is 0.616. The third kappa shape index (κ3) is 3.33. The molecular formula is C13H19IN2O. The second-order valence-electron chi connectivity index (χ2n) is 4.81. The molecule has 0 unspecified atom stereocenters. The van der Waals surface area contributed by atoms with Gasteiger partial charge in [0.2, 0.25) is 0 Å². The zero-order chi connectivity index (χ0) is 12.4. The maximum Gasteiger partial charge on any atom is 0.119 e. The van der Waals surface area contributed by atoms with Crippen molar-refractivity contribution in [3.8, 4) is 5.75 Å². The van der Waals surface area contributed by atoms with Gasteiger partial charge >= 0.3 is 0 Å². The Bertz CT molecular complexity index is 407. The smallest absolute Gasteiger partial charge is 0.119 e. The summed E-state index contributed by atoms with van der Waals surface area (Å²) in [6.07, 6.45) is 0. The van der Waals surface area contributed by atoms with E-state index in [1.807, 2.05) is 0 Å². The zero-order valence-corrected chi connectivity index (χ0v) is 12.8. The van der Waals surface area contributed by atoms with Crippen LogP contribution >= 0.6 is 22.9 Å². The molecular weight excluding hydrogens is 327 g/mol. The molecule has 1 aliphatic rings. The molecule has 0 N–H and O–H groups in total. The number of ether oxygens (including phenoxy) is 1.